The van der Waals surface area contributed by atoms with Crippen molar-refractivity contribution in [2.75, 3.05) is 4.90 Å². The summed E-state index contributed by atoms with van der Waals surface area (Å²) in [7, 11) is -3.86. The zero-order valence-electron chi connectivity index (χ0n) is 8.53. The van der Waals surface area contributed by atoms with Gasteiger partial charge in [0.15, 0.2) is 0 Å². The van der Waals surface area contributed by atoms with Crippen LogP contribution in [0.25, 0.3) is 0 Å². The van der Waals surface area contributed by atoms with Crippen molar-refractivity contribution in [2.45, 2.75) is 4.90 Å². The van der Waals surface area contributed by atoms with Gasteiger partial charge in [-0.05, 0) is 18.2 Å². The third kappa shape index (κ3) is 2.10. The van der Waals surface area contributed by atoms with Crippen molar-refractivity contribution in [3.05, 3.63) is 36.4 Å². The maximum Gasteiger partial charge on any atom is 0.258 e. The molecular formula is C10H8N2O4S. The molecule has 88 valence electrons. The molecule has 0 radical (unpaired) electrons. The average molecular weight is 252 g/mol. The second-order valence-electron chi connectivity index (χ2n) is 3.39. The number of nitrogens with two attached hydrogens (primary N) is 1. The summed E-state index contributed by atoms with van der Waals surface area (Å²) in [5.41, 5.74) is 0.177. The Kier molecular flexibility index (Phi) is 2.56. The highest BCUT2D eigenvalue weighted by atomic mass is 32.2. The van der Waals surface area contributed by atoms with Crippen LogP contribution >= 0.6 is 0 Å². The van der Waals surface area contributed by atoms with Gasteiger partial charge < -0.3 is 0 Å². The van der Waals surface area contributed by atoms with Crippen molar-refractivity contribution >= 4 is 27.5 Å². The fraction of sp³-hybridized carbons (Fsp3) is 0. The molecule has 0 unspecified atom stereocenters. The Morgan fingerprint density at radius 2 is 1.65 bits per heavy atom. The van der Waals surface area contributed by atoms with Crippen LogP contribution in [0.3, 0.4) is 0 Å². The largest absolute Gasteiger partial charge is 0.269 e. The van der Waals surface area contributed by atoms with Crippen LogP contribution in [-0.4, -0.2) is 20.2 Å². The molecule has 1 aliphatic rings. The SMILES string of the molecule is NS(=O)(=O)c1cccc(N2C(=O)C=CC2=O)c1. The Bertz CT molecular complexity index is 615. The number of primary sulfonamides is 1. The number of benzene rings is 1. The Balaban J connectivity index is 2.48. The van der Waals surface area contributed by atoms with Crippen molar-refractivity contribution in [2.24, 2.45) is 5.14 Å². The van der Waals surface area contributed by atoms with E-state index in [0.29, 0.717) is 0 Å². The highest BCUT2D eigenvalue weighted by molar-refractivity contribution is 7.89. The van der Waals surface area contributed by atoms with E-state index in [1.54, 1.807) is 0 Å². The first-order valence-corrected chi connectivity index (χ1v) is 6.13. The van der Waals surface area contributed by atoms with E-state index in [2.05, 4.69) is 0 Å². The summed E-state index contributed by atoms with van der Waals surface area (Å²) in [6.07, 6.45) is 2.23. The van der Waals surface area contributed by atoms with Crippen LogP contribution in [0.2, 0.25) is 0 Å². The van der Waals surface area contributed by atoms with E-state index in [-0.39, 0.29) is 10.6 Å². The number of carbonyl (C=O) groups is 2. The summed E-state index contributed by atoms with van der Waals surface area (Å²) >= 11 is 0. The summed E-state index contributed by atoms with van der Waals surface area (Å²) in [6, 6.07) is 5.33. The van der Waals surface area contributed by atoms with E-state index in [9.17, 15) is 18.0 Å². The van der Waals surface area contributed by atoms with Gasteiger partial charge in [0.05, 0.1) is 10.6 Å². The van der Waals surface area contributed by atoms with Crippen LogP contribution in [0, 0.1) is 0 Å². The molecule has 2 amide bonds. The number of nitrogens with zero attached hydrogens (tertiary/aromatic N) is 1. The average Bonchev–Trinajstić information content (AvgIpc) is 2.57. The fourth-order valence-corrected chi connectivity index (χ4v) is 2.01. The molecule has 0 fully saturated rings. The van der Waals surface area contributed by atoms with E-state index in [4.69, 9.17) is 5.14 Å². The number of hydrogen-bond donors (Lipinski definition) is 1. The number of amides is 2. The van der Waals surface area contributed by atoms with Crippen LogP contribution in [0.5, 0.6) is 0 Å². The molecule has 1 heterocycles. The third-order valence-electron chi connectivity index (χ3n) is 2.21. The Morgan fingerprint density at radius 3 is 2.18 bits per heavy atom. The van der Waals surface area contributed by atoms with Crippen LogP contribution in [0.1, 0.15) is 0 Å². The minimum absolute atomic E-state index is 0.150. The van der Waals surface area contributed by atoms with E-state index < -0.39 is 21.8 Å². The highest BCUT2D eigenvalue weighted by Gasteiger charge is 2.25. The minimum atomic E-state index is -3.86. The molecule has 0 bridgehead atoms. The van der Waals surface area contributed by atoms with Gasteiger partial charge in [0, 0.05) is 12.2 Å². The predicted octanol–water partition coefficient (Wildman–Crippen LogP) is -0.237. The lowest BCUT2D eigenvalue weighted by molar-refractivity contribution is -0.119. The lowest BCUT2D eigenvalue weighted by atomic mass is 10.3. The highest BCUT2D eigenvalue weighted by Crippen LogP contribution is 2.21. The smallest absolute Gasteiger partial charge is 0.258 e. The van der Waals surface area contributed by atoms with Gasteiger partial charge in [-0.2, -0.15) is 0 Å². The molecule has 2 rings (SSSR count). The molecule has 1 aliphatic heterocycles. The molecule has 0 aromatic heterocycles. The number of rotatable bonds is 2. The number of hydrogen-bond acceptors (Lipinski definition) is 4. The normalized spacial score (nSPS) is 15.7. The maximum absolute atomic E-state index is 11.4. The van der Waals surface area contributed by atoms with Gasteiger partial charge in [-0.25, -0.2) is 18.5 Å². The van der Waals surface area contributed by atoms with Crippen LogP contribution < -0.4 is 10.0 Å². The van der Waals surface area contributed by atoms with Crippen LogP contribution in [0.15, 0.2) is 41.3 Å². The van der Waals surface area contributed by atoms with Crippen molar-refractivity contribution in [3.63, 3.8) is 0 Å². The van der Waals surface area contributed by atoms with E-state index >= 15 is 0 Å². The zero-order valence-corrected chi connectivity index (χ0v) is 9.35. The molecule has 0 spiro atoms. The van der Waals surface area contributed by atoms with Gasteiger partial charge in [0.1, 0.15) is 0 Å². The van der Waals surface area contributed by atoms with Crippen molar-refractivity contribution in [1.82, 2.24) is 0 Å². The molecule has 17 heavy (non-hydrogen) atoms. The van der Waals surface area contributed by atoms with Gasteiger partial charge in [0.2, 0.25) is 10.0 Å². The van der Waals surface area contributed by atoms with Crippen LogP contribution in [-0.2, 0) is 19.6 Å². The molecule has 2 N–H and O–H groups in total. The number of imide groups is 1. The zero-order chi connectivity index (χ0) is 12.6. The Hall–Kier alpha value is -1.99. The quantitative estimate of drug-likeness (QED) is 0.735. The molecule has 7 heteroatoms. The van der Waals surface area contributed by atoms with Gasteiger partial charge >= 0.3 is 0 Å². The molecule has 6 nitrogen and oxygen atoms in total. The summed E-state index contributed by atoms with van der Waals surface area (Å²) < 4.78 is 22.3. The van der Waals surface area contributed by atoms with E-state index in [0.717, 1.165) is 17.1 Å². The number of anilines is 1. The van der Waals surface area contributed by atoms with E-state index in [1.165, 1.54) is 24.3 Å². The Morgan fingerprint density at radius 1 is 1.06 bits per heavy atom. The van der Waals surface area contributed by atoms with Gasteiger partial charge in [-0.3, -0.25) is 9.59 Å². The second-order valence-corrected chi connectivity index (χ2v) is 4.95. The van der Waals surface area contributed by atoms with Crippen molar-refractivity contribution < 1.29 is 18.0 Å². The minimum Gasteiger partial charge on any atom is -0.269 e. The molecule has 0 saturated carbocycles. The summed E-state index contributed by atoms with van der Waals surface area (Å²) in [5.74, 6) is -1.02. The second kappa shape index (κ2) is 3.79. The predicted molar refractivity (Wildman–Crippen MR) is 59.4 cm³/mol. The Labute approximate surface area is 97.4 Å². The topological polar surface area (TPSA) is 97.5 Å². The first kappa shape index (κ1) is 11.5. The lowest BCUT2D eigenvalue weighted by Gasteiger charge is -2.14. The standard InChI is InChI=1S/C10H8N2O4S/c11-17(15,16)8-3-1-2-7(6-8)12-9(13)4-5-10(12)14/h1-6H,(H2,11,15,16). The molecule has 1 aromatic rings. The lowest BCUT2D eigenvalue weighted by Crippen LogP contribution is -2.29. The van der Waals surface area contributed by atoms with Gasteiger partial charge in [0.25, 0.3) is 11.8 Å². The maximum atomic E-state index is 11.4. The summed E-state index contributed by atoms with van der Waals surface area (Å²) in [4.78, 5) is 23.5. The van der Waals surface area contributed by atoms with Crippen molar-refractivity contribution in [3.8, 4) is 0 Å². The molecular weight excluding hydrogens is 244 g/mol. The van der Waals surface area contributed by atoms with E-state index in [1.807, 2.05) is 0 Å². The first-order valence-electron chi connectivity index (χ1n) is 4.58. The number of carbonyl (C=O) groups excluding carboxylic acids is 2. The number of sulfonamides is 1. The molecule has 0 saturated heterocycles. The van der Waals surface area contributed by atoms with Gasteiger partial charge in [-0.15, -0.1) is 0 Å². The summed E-state index contributed by atoms with van der Waals surface area (Å²) in [5, 5.41) is 4.96. The molecule has 0 atom stereocenters. The monoisotopic (exact) mass is 252 g/mol. The van der Waals surface area contributed by atoms with Crippen LogP contribution in [0.4, 0.5) is 5.69 Å². The van der Waals surface area contributed by atoms with Gasteiger partial charge in [-0.1, -0.05) is 6.07 Å². The third-order valence-corrected chi connectivity index (χ3v) is 3.12. The fourth-order valence-electron chi connectivity index (χ4n) is 1.45. The molecule has 0 aliphatic carbocycles. The summed E-state index contributed by atoms with van der Waals surface area (Å²) in [6.45, 7) is 0. The first-order chi connectivity index (χ1) is 7.89. The van der Waals surface area contributed by atoms with Crippen molar-refractivity contribution in [1.29, 1.82) is 0 Å². The molecule has 1 aromatic carbocycles.